The zero-order valence-electron chi connectivity index (χ0n) is 17.4. The monoisotopic (exact) mass is 382 g/mol. The van der Waals surface area contributed by atoms with Crippen molar-refractivity contribution >= 4 is 5.57 Å². The van der Waals surface area contributed by atoms with Crippen LogP contribution in [-0.2, 0) is 6.42 Å². The Kier molecular flexibility index (Phi) is 6.72. The lowest BCUT2D eigenvalue weighted by Crippen LogP contribution is -2.04. The minimum absolute atomic E-state index is 0.181. The number of aromatic hydroxyl groups is 1. The van der Waals surface area contributed by atoms with E-state index in [0.717, 1.165) is 35.1 Å². The fourth-order valence-corrected chi connectivity index (χ4v) is 3.62. The van der Waals surface area contributed by atoms with Crippen LogP contribution >= 0.6 is 0 Å². The Morgan fingerprint density at radius 1 is 0.966 bits per heavy atom. The quantitative estimate of drug-likeness (QED) is 0.397. The molecule has 0 aliphatic rings. The molecule has 0 fully saturated rings. The van der Waals surface area contributed by atoms with Crippen molar-refractivity contribution < 1.29 is 5.11 Å². The number of phenolic OH excluding ortho intramolecular Hbond substituents is 1. The van der Waals surface area contributed by atoms with Gasteiger partial charge < -0.3 is 5.11 Å². The lowest BCUT2D eigenvalue weighted by Gasteiger charge is -2.17. The van der Waals surface area contributed by atoms with Gasteiger partial charge in [-0.1, -0.05) is 93.2 Å². The van der Waals surface area contributed by atoms with Crippen molar-refractivity contribution in [2.24, 2.45) is 5.92 Å². The molecule has 0 saturated heterocycles. The summed E-state index contributed by atoms with van der Waals surface area (Å²) in [5, 5.41) is 10.1. The van der Waals surface area contributed by atoms with Crippen LogP contribution in [0.3, 0.4) is 0 Å². The number of benzene rings is 3. The van der Waals surface area contributed by atoms with Crippen LogP contribution < -0.4 is 0 Å². The van der Waals surface area contributed by atoms with Crippen LogP contribution in [0.15, 0.2) is 92.0 Å². The van der Waals surface area contributed by atoms with Gasteiger partial charge in [0.25, 0.3) is 0 Å². The van der Waals surface area contributed by atoms with Crippen LogP contribution in [-0.4, -0.2) is 5.11 Å². The first-order chi connectivity index (χ1) is 14.0. The summed E-state index contributed by atoms with van der Waals surface area (Å²) in [5.74, 6) is 1.07. The molecule has 0 aromatic heterocycles. The molecule has 1 nitrogen and oxygen atoms in total. The van der Waals surface area contributed by atoms with E-state index in [9.17, 15) is 5.11 Å². The molecule has 0 aliphatic heterocycles. The average Bonchev–Trinajstić information content (AvgIpc) is 2.77. The van der Waals surface area contributed by atoms with E-state index in [1.165, 1.54) is 11.1 Å². The zero-order chi connectivity index (χ0) is 20.8. The van der Waals surface area contributed by atoms with Crippen molar-refractivity contribution in [1.29, 1.82) is 0 Å². The third-order valence-electron chi connectivity index (χ3n) is 5.82. The molecule has 0 aliphatic carbocycles. The molecule has 0 spiro atoms. The highest BCUT2D eigenvalue weighted by molar-refractivity contribution is 5.74. The maximum atomic E-state index is 10.1. The van der Waals surface area contributed by atoms with Crippen LogP contribution in [0.5, 0.6) is 5.75 Å². The van der Waals surface area contributed by atoms with E-state index < -0.39 is 0 Å². The maximum absolute atomic E-state index is 10.1. The second-order valence-electron chi connectivity index (χ2n) is 7.72. The van der Waals surface area contributed by atoms with Gasteiger partial charge in [0.1, 0.15) is 5.75 Å². The molecule has 3 aromatic carbocycles. The van der Waals surface area contributed by atoms with E-state index in [1.807, 2.05) is 36.4 Å². The molecule has 0 amide bonds. The van der Waals surface area contributed by atoms with Crippen LogP contribution in [0, 0.1) is 5.92 Å². The standard InChI is InChI=1S/C28H30O/c1-5-20(3)24-13-11-22(12-14-24)19-23(6-2)21(4)25-15-17-26(18-16-25)27-9-7-8-10-28(27)29/h6-18,20,23,29H,2,4-5,19H2,1,3H3. The lowest BCUT2D eigenvalue weighted by atomic mass is 9.87. The first kappa shape index (κ1) is 20.7. The molecular weight excluding hydrogens is 352 g/mol. The highest BCUT2D eigenvalue weighted by Gasteiger charge is 2.13. The van der Waals surface area contributed by atoms with Gasteiger partial charge in [-0.3, -0.25) is 0 Å². The number of para-hydroxylation sites is 1. The van der Waals surface area contributed by atoms with E-state index in [4.69, 9.17) is 0 Å². The van der Waals surface area contributed by atoms with Crippen LogP contribution in [0.25, 0.3) is 16.7 Å². The van der Waals surface area contributed by atoms with E-state index in [1.54, 1.807) is 6.07 Å². The van der Waals surface area contributed by atoms with Crippen molar-refractivity contribution in [3.8, 4) is 16.9 Å². The summed E-state index contributed by atoms with van der Waals surface area (Å²) < 4.78 is 0. The van der Waals surface area contributed by atoms with Gasteiger partial charge in [0.15, 0.2) is 0 Å². The molecule has 3 rings (SSSR count). The first-order valence-corrected chi connectivity index (χ1v) is 10.3. The summed E-state index contributed by atoms with van der Waals surface area (Å²) in [6, 6.07) is 24.6. The fraction of sp³-hybridized carbons (Fsp3) is 0.214. The van der Waals surface area contributed by atoms with Gasteiger partial charge in [-0.05, 0) is 52.7 Å². The predicted octanol–water partition coefficient (Wildman–Crippen LogP) is 7.63. The van der Waals surface area contributed by atoms with Crippen molar-refractivity contribution in [2.75, 3.05) is 0 Å². The van der Waals surface area contributed by atoms with E-state index in [-0.39, 0.29) is 5.92 Å². The molecule has 2 unspecified atom stereocenters. The molecule has 0 bridgehead atoms. The molecule has 1 heteroatoms. The van der Waals surface area contributed by atoms with Gasteiger partial charge in [0.2, 0.25) is 0 Å². The molecule has 2 atom stereocenters. The Morgan fingerprint density at radius 3 is 2.21 bits per heavy atom. The van der Waals surface area contributed by atoms with Gasteiger partial charge >= 0.3 is 0 Å². The number of phenols is 1. The highest BCUT2D eigenvalue weighted by atomic mass is 16.3. The topological polar surface area (TPSA) is 20.2 Å². The van der Waals surface area contributed by atoms with Crippen molar-refractivity contribution in [2.45, 2.75) is 32.6 Å². The fourth-order valence-electron chi connectivity index (χ4n) is 3.62. The second kappa shape index (κ2) is 9.43. The first-order valence-electron chi connectivity index (χ1n) is 10.3. The predicted molar refractivity (Wildman–Crippen MR) is 125 cm³/mol. The molecule has 3 aromatic rings. The molecule has 0 saturated carbocycles. The minimum Gasteiger partial charge on any atom is -0.507 e. The van der Waals surface area contributed by atoms with Gasteiger partial charge in [-0.2, -0.15) is 0 Å². The number of hydrogen-bond donors (Lipinski definition) is 1. The summed E-state index contributed by atoms with van der Waals surface area (Å²) in [4.78, 5) is 0. The summed E-state index contributed by atoms with van der Waals surface area (Å²) in [6.45, 7) is 12.9. The summed E-state index contributed by atoms with van der Waals surface area (Å²) in [7, 11) is 0. The van der Waals surface area contributed by atoms with E-state index in [2.05, 4.69) is 63.4 Å². The molecule has 148 valence electrons. The minimum atomic E-state index is 0.181. The Morgan fingerprint density at radius 2 is 1.62 bits per heavy atom. The van der Waals surface area contributed by atoms with Crippen LogP contribution in [0.4, 0.5) is 0 Å². The van der Waals surface area contributed by atoms with Crippen molar-refractivity contribution in [3.05, 3.63) is 109 Å². The Labute approximate surface area is 175 Å². The molecule has 0 radical (unpaired) electrons. The summed E-state index contributed by atoms with van der Waals surface area (Å²) in [5.41, 5.74) is 6.70. The van der Waals surface area contributed by atoms with Crippen molar-refractivity contribution in [3.63, 3.8) is 0 Å². The number of allylic oxidation sites excluding steroid dienone is 2. The van der Waals surface area contributed by atoms with Gasteiger partial charge in [-0.25, -0.2) is 0 Å². The third-order valence-corrected chi connectivity index (χ3v) is 5.82. The largest absolute Gasteiger partial charge is 0.507 e. The number of rotatable bonds is 8. The zero-order valence-corrected chi connectivity index (χ0v) is 17.4. The smallest absolute Gasteiger partial charge is 0.123 e. The second-order valence-corrected chi connectivity index (χ2v) is 7.72. The van der Waals surface area contributed by atoms with E-state index >= 15 is 0 Å². The normalized spacial score (nSPS) is 12.9. The van der Waals surface area contributed by atoms with E-state index in [0.29, 0.717) is 11.7 Å². The van der Waals surface area contributed by atoms with Gasteiger partial charge in [0.05, 0.1) is 0 Å². The average molecular weight is 383 g/mol. The molecule has 29 heavy (non-hydrogen) atoms. The lowest BCUT2D eigenvalue weighted by molar-refractivity contribution is 0.477. The third kappa shape index (κ3) is 4.86. The van der Waals surface area contributed by atoms with Gasteiger partial charge in [0, 0.05) is 11.5 Å². The van der Waals surface area contributed by atoms with Crippen molar-refractivity contribution in [1.82, 2.24) is 0 Å². The molecule has 1 N–H and O–H groups in total. The Hall–Kier alpha value is -3.06. The summed E-state index contributed by atoms with van der Waals surface area (Å²) in [6.07, 6.45) is 4.04. The van der Waals surface area contributed by atoms with Crippen LogP contribution in [0.2, 0.25) is 0 Å². The van der Waals surface area contributed by atoms with Gasteiger partial charge in [-0.15, -0.1) is 6.58 Å². The Bertz CT molecular complexity index is 964. The van der Waals surface area contributed by atoms with Crippen LogP contribution in [0.1, 0.15) is 42.9 Å². The summed E-state index contributed by atoms with van der Waals surface area (Å²) >= 11 is 0. The SMILES string of the molecule is C=CC(Cc1ccc(C(C)CC)cc1)C(=C)c1ccc(-c2ccccc2O)cc1. The number of hydrogen-bond acceptors (Lipinski definition) is 1. The molecular formula is C28H30O. The Balaban J connectivity index is 1.74. The highest BCUT2D eigenvalue weighted by Crippen LogP contribution is 2.32. The molecule has 0 heterocycles. The maximum Gasteiger partial charge on any atom is 0.123 e.